The highest BCUT2D eigenvalue weighted by Gasteiger charge is 2.47. The summed E-state index contributed by atoms with van der Waals surface area (Å²) >= 11 is 0. The van der Waals surface area contributed by atoms with E-state index in [0.29, 0.717) is 0 Å². The second-order valence-corrected chi connectivity index (χ2v) is 12.6. The van der Waals surface area contributed by atoms with Gasteiger partial charge in [-0.25, -0.2) is 0 Å². The fourth-order valence-electron chi connectivity index (χ4n) is 8.28. The molecule has 0 saturated heterocycles. The molecule has 1 unspecified atom stereocenters. The normalized spacial score (nSPS) is 16.8. The number of hydrogen-bond donors (Lipinski definition) is 0. The van der Waals surface area contributed by atoms with E-state index in [9.17, 15) is 0 Å². The first-order valence-electron chi connectivity index (χ1n) is 16.0. The lowest BCUT2D eigenvalue weighted by atomic mass is 9.66. The van der Waals surface area contributed by atoms with E-state index in [4.69, 9.17) is 4.74 Å². The van der Waals surface area contributed by atoms with Crippen molar-refractivity contribution in [2.75, 3.05) is 0 Å². The lowest BCUT2D eigenvalue weighted by Crippen LogP contribution is -2.30. The minimum absolute atomic E-state index is 0.417. The Morgan fingerprint density at radius 3 is 1.61 bits per heavy atom. The molecule has 0 bridgehead atoms. The maximum Gasteiger partial charge on any atom is 0.132 e. The van der Waals surface area contributed by atoms with E-state index in [1.165, 1.54) is 61.2 Å². The van der Waals surface area contributed by atoms with Crippen LogP contribution in [0.3, 0.4) is 0 Å². The summed E-state index contributed by atoms with van der Waals surface area (Å²) in [5, 5.41) is 0. The molecule has 0 aromatic heterocycles. The monoisotopic (exact) mass is 588 g/mol. The summed E-state index contributed by atoms with van der Waals surface area (Å²) < 4.78 is 6.68. The minimum atomic E-state index is -0.453. The van der Waals surface area contributed by atoms with Gasteiger partial charge in [0.15, 0.2) is 0 Å². The van der Waals surface area contributed by atoms with Crippen molar-refractivity contribution in [3.05, 3.63) is 215 Å². The first-order chi connectivity index (χ1) is 22.7. The fraction of sp³-hybridized carbons (Fsp3) is 0.0667. The first kappa shape index (κ1) is 26.7. The molecular weight excluding hydrogens is 556 g/mol. The lowest BCUT2D eigenvalue weighted by Gasteiger charge is -2.39. The molecule has 7 aromatic carbocycles. The third kappa shape index (κ3) is 3.63. The van der Waals surface area contributed by atoms with Crippen molar-refractivity contribution >= 4 is 0 Å². The van der Waals surface area contributed by atoms with Gasteiger partial charge in [-0.2, -0.15) is 0 Å². The van der Waals surface area contributed by atoms with E-state index in [1.54, 1.807) is 0 Å². The maximum absolute atomic E-state index is 6.68. The molecule has 0 N–H and O–H groups in total. The number of para-hydroxylation sites is 1. The average molecular weight is 589 g/mol. The van der Waals surface area contributed by atoms with Crippen LogP contribution >= 0.6 is 0 Å². The fourth-order valence-corrected chi connectivity index (χ4v) is 8.28. The predicted octanol–water partition coefficient (Wildman–Crippen LogP) is 11.2. The van der Waals surface area contributed by atoms with Crippen molar-refractivity contribution in [1.82, 2.24) is 0 Å². The van der Waals surface area contributed by atoms with Crippen molar-refractivity contribution in [2.45, 2.75) is 17.8 Å². The molecule has 0 saturated carbocycles. The summed E-state index contributed by atoms with van der Waals surface area (Å²) in [4.78, 5) is 0. The van der Waals surface area contributed by atoms with Crippen LogP contribution in [-0.2, 0) is 10.8 Å². The molecule has 1 atom stereocenters. The van der Waals surface area contributed by atoms with Gasteiger partial charge in [0, 0.05) is 11.1 Å². The summed E-state index contributed by atoms with van der Waals surface area (Å²) in [6, 6.07) is 64.0. The molecule has 1 aliphatic carbocycles. The molecule has 2 aliphatic rings. The van der Waals surface area contributed by atoms with Crippen molar-refractivity contribution in [2.24, 2.45) is 0 Å². The van der Waals surface area contributed by atoms with Gasteiger partial charge in [-0.3, -0.25) is 0 Å². The number of fused-ring (bicyclic) bond motifs is 5. The number of rotatable bonds is 4. The molecule has 7 aromatic rings. The summed E-state index contributed by atoms with van der Waals surface area (Å²) in [6.45, 7) is 2.35. The van der Waals surface area contributed by atoms with Crippen LogP contribution in [0.1, 0.15) is 45.9 Å². The van der Waals surface area contributed by atoms with E-state index in [1.807, 2.05) is 0 Å². The Hall–Kier alpha value is -5.66. The zero-order valence-corrected chi connectivity index (χ0v) is 25.7. The van der Waals surface area contributed by atoms with Crippen LogP contribution in [0.2, 0.25) is 0 Å². The van der Waals surface area contributed by atoms with Gasteiger partial charge in [0.25, 0.3) is 0 Å². The van der Waals surface area contributed by atoms with Crippen molar-refractivity contribution < 1.29 is 4.74 Å². The second-order valence-electron chi connectivity index (χ2n) is 12.6. The quantitative estimate of drug-likeness (QED) is 0.199. The molecule has 9 rings (SSSR count). The molecule has 1 heteroatoms. The summed E-state index contributed by atoms with van der Waals surface area (Å²) in [5.74, 6) is 1.82. The zero-order valence-electron chi connectivity index (χ0n) is 25.7. The molecule has 1 aliphatic heterocycles. The van der Waals surface area contributed by atoms with Gasteiger partial charge in [-0.05, 0) is 75.2 Å². The lowest BCUT2D eigenvalue weighted by molar-refractivity contribution is 0.428. The van der Waals surface area contributed by atoms with Crippen molar-refractivity contribution in [3.63, 3.8) is 0 Å². The van der Waals surface area contributed by atoms with Gasteiger partial charge in [0.1, 0.15) is 11.5 Å². The molecule has 0 fully saturated rings. The highest BCUT2D eigenvalue weighted by molar-refractivity contribution is 5.89. The molecule has 0 amide bonds. The largest absolute Gasteiger partial charge is 0.457 e. The highest BCUT2D eigenvalue weighted by Crippen LogP contribution is 2.58. The van der Waals surface area contributed by atoms with Crippen molar-refractivity contribution in [3.8, 4) is 33.8 Å². The molecule has 46 heavy (non-hydrogen) atoms. The van der Waals surface area contributed by atoms with E-state index >= 15 is 0 Å². The Bertz CT molecular complexity index is 2190. The third-order valence-electron chi connectivity index (χ3n) is 10.3. The Morgan fingerprint density at radius 2 is 0.913 bits per heavy atom. The molecular formula is C45H32O. The Labute approximate surface area is 270 Å². The summed E-state index contributed by atoms with van der Waals surface area (Å²) in [6.07, 6.45) is 0. The minimum Gasteiger partial charge on any atom is -0.457 e. The standard InChI is InChI=1S/C45H32O/c1-44(32-16-5-2-6-17-32)39-25-13-14-26-41(39)46-42-27-15-23-35(43(42)44)31-28-29-37-36-22-11-12-24-38(36)45(40(37)30-31,33-18-7-3-8-19-33)34-20-9-4-10-21-34/h2-30H,1H3. The van der Waals surface area contributed by atoms with E-state index < -0.39 is 10.8 Å². The van der Waals surface area contributed by atoms with Gasteiger partial charge in [-0.1, -0.05) is 158 Å². The molecule has 0 radical (unpaired) electrons. The van der Waals surface area contributed by atoms with Crippen LogP contribution in [0, 0.1) is 0 Å². The Morgan fingerprint density at radius 1 is 0.391 bits per heavy atom. The molecule has 1 heterocycles. The van der Waals surface area contributed by atoms with E-state index in [2.05, 4.69) is 183 Å². The average Bonchev–Trinajstić information content (AvgIpc) is 3.43. The SMILES string of the molecule is CC1(c2ccccc2)c2ccccc2Oc2cccc(-c3ccc4c(c3)C(c3ccccc3)(c3ccccc3)c3ccccc3-4)c21. The number of ether oxygens (including phenoxy) is 1. The predicted molar refractivity (Wildman–Crippen MR) is 188 cm³/mol. The topological polar surface area (TPSA) is 9.23 Å². The van der Waals surface area contributed by atoms with Crippen LogP contribution in [0.15, 0.2) is 176 Å². The number of benzene rings is 7. The number of hydrogen-bond acceptors (Lipinski definition) is 1. The molecule has 218 valence electrons. The summed E-state index contributed by atoms with van der Waals surface area (Å²) in [5.41, 5.74) is 12.9. The Kier molecular flexibility index (Phi) is 5.92. The van der Waals surface area contributed by atoms with Crippen LogP contribution in [0.25, 0.3) is 22.3 Å². The molecule has 1 nitrogen and oxygen atoms in total. The third-order valence-corrected chi connectivity index (χ3v) is 10.3. The second kappa shape index (κ2) is 10.2. The van der Waals surface area contributed by atoms with Crippen LogP contribution in [-0.4, -0.2) is 0 Å². The van der Waals surface area contributed by atoms with Crippen LogP contribution in [0.4, 0.5) is 0 Å². The van der Waals surface area contributed by atoms with Gasteiger partial charge in [0.05, 0.1) is 10.8 Å². The maximum atomic E-state index is 6.68. The smallest absolute Gasteiger partial charge is 0.132 e. The van der Waals surface area contributed by atoms with Gasteiger partial charge >= 0.3 is 0 Å². The van der Waals surface area contributed by atoms with Gasteiger partial charge in [0.2, 0.25) is 0 Å². The van der Waals surface area contributed by atoms with Crippen LogP contribution < -0.4 is 4.74 Å². The van der Waals surface area contributed by atoms with Crippen molar-refractivity contribution in [1.29, 1.82) is 0 Å². The first-order valence-corrected chi connectivity index (χ1v) is 16.0. The summed E-state index contributed by atoms with van der Waals surface area (Å²) in [7, 11) is 0. The van der Waals surface area contributed by atoms with Crippen LogP contribution in [0.5, 0.6) is 11.5 Å². The highest BCUT2D eigenvalue weighted by atomic mass is 16.5. The van der Waals surface area contributed by atoms with E-state index in [0.717, 1.165) is 11.5 Å². The zero-order chi connectivity index (χ0) is 30.7. The Balaban J connectivity index is 1.35. The van der Waals surface area contributed by atoms with Gasteiger partial charge in [-0.15, -0.1) is 0 Å². The van der Waals surface area contributed by atoms with E-state index in [-0.39, 0.29) is 0 Å². The molecule has 0 spiro atoms. The van der Waals surface area contributed by atoms with Gasteiger partial charge < -0.3 is 4.74 Å².